The van der Waals surface area contributed by atoms with Crippen LogP contribution in [0.15, 0.2) is 24.3 Å². The molecule has 1 amide bonds. The van der Waals surface area contributed by atoms with E-state index in [1.54, 1.807) is 0 Å². The van der Waals surface area contributed by atoms with Gasteiger partial charge in [0.15, 0.2) is 0 Å². The van der Waals surface area contributed by atoms with Gasteiger partial charge in [0, 0.05) is 5.69 Å². The highest BCUT2D eigenvalue weighted by Crippen LogP contribution is 2.26. The van der Waals surface area contributed by atoms with Crippen LogP contribution in [0.1, 0.15) is 12.0 Å². The maximum atomic E-state index is 12.0. The summed E-state index contributed by atoms with van der Waals surface area (Å²) in [7, 11) is 1.35. The Labute approximate surface area is 110 Å². The Kier molecular flexibility index (Phi) is 4.25. The molecule has 5 heteroatoms. The van der Waals surface area contributed by atoms with Crippen molar-refractivity contribution in [3.63, 3.8) is 0 Å². The predicted molar refractivity (Wildman–Crippen MR) is 71.7 cm³/mol. The van der Waals surface area contributed by atoms with E-state index in [4.69, 9.17) is 0 Å². The van der Waals surface area contributed by atoms with E-state index in [0.717, 1.165) is 24.1 Å². The lowest BCUT2D eigenvalue weighted by atomic mass is 10.1. The molecule has 0 unspecified atom stereocenters. The van der Waals surface area contributed by atoms with Gasteiger partial charge in [0.2, 0.25) is 5.91 Å². The maximum absolute atomic E-state index is 12.0. The second-order valence-electron chi connectivity index (χ2n) is 4.06. The molecule has 0 spiro atoms. The van der Waals surface area contributed by atoms with Crippen molar-refractivity contribution in [2.24, 2.45) is 0 Å². The highest BCUT2D eigenvalue weighted by molar-refractivity contribution is 8.01. The molecule has 4 nitrogen and oxygen atoms in total. The molecule has 2 rings (SSSR count). The van der Waals surface area contributed by atoms with E-state index < -0.39 is 0 Å². The van der Waals surface area contributed by atoms with Gasteiger partial charge in [-0.05, 0) is 24.5 Å². The molecule has 0 aliphatic carbocycles. The van der Waals surface area contributed by atoms with Crippen molar-refractivity contribution in [1.82, 2.24) is 0 Å². The van der Waals surface area contributed by atoms with Crippen LogP contribution in [0.5, 0.6) is 0 Å². The molecule has 1 aliphatic heterocycles. The lowest BCUT2D eigenvalue weighted by Gasteiger charge is -2.11. The van der Waals surface area contributed by atoms with E-state index in [-0.39, 0.29) is 22.9 Å². The third-order valence-electron chi connectivity index (χ3n) is 2.87. The fourth-order valence-electron chi connectivity index (χ4n) is 1.88. The molecule has 0 fully saturated rings. The van der Waals surface area contributed by atoms with Crippen molar-refractivity contribution in [2.45, 2.75) is 18.1 Å². The summed E-state index contributed by atoms with van der Waals surface area (Å²) in [6.07, 6.45) is 1.58. The lowest BCUT2D eigenvalue weighted by Crippen LogP contribution is -2.25. The summed E-state index contributed by atoms with van der Waals surface area (Å²) in [6, 6.07) is 7.79. The summed E-state index contributed by atoms with van der Waals surface area (Å²) in [4.78, 5) is 23.1. The number of carbonyl (C=O) groups is 2. The molecular weight excluding hydrogens is 250 g/mol. The largest absolute Gasteiger partial charge is 0.468 e. The number of para-hydroxylation sites is 1. The summed E-state index contributed by atoms with van der Waals surface area (Å²) in [5.74, 6) is -0.117. The van der Waals surface area contributed by atoms with E-state index >= 15 is 0 Å². The van der Waals surface area contributed by atoms with Gasteiger partial charge in [0.25, 0.3) is 0 Å². The number of amides is 1. The number of rotatable bonds is 3. The monoisotopic (exact) mass is 265 g/mol. The third-order valence-corrected chi connectivity index (χ3v) is 4.13. The number of carbonyl (C=O) groups excluding carboxylic acids is 2. The van der Waals surface area contributed by atoms with E-state index in [1.165, 1.54) is 18.9 Å². The molecule has 0 bridgehead atoms. The summed E-state index contributed by atoms with van der Waals surface area (Å²) in [5, 5.41) is 2.70. The van der Waals surface area contributed by atoms with Gasteiger partial charge in [-0.3, -0.25) is 9.59 Å². The molecule has 1 aliphatic rings. The van der Waals surface area contributed by atoms with Gasteiger partial charge in [0.1, 0.15) is 0 Å². The highest BCUT2D eigenvalue weighted by Gasteiger charge is 2.24. The zero-order valence-corrected chi connectivity index (χ0v) is 11.0. The molecule has 1 aromatic rings. The molecule has 1 heterocycles. The zero-order valence-electron chi connectivity index (χ0n) is 10.1. The van der Waals surface area contributed by atoms with Crippen LogP contribution in [0.4, 0.5) is 5.69 Å². The summed E-state index contributed by atoms with van der Waals surface area (Å²) < 4.78 is 4.58. The summed E-state index contributed by atoms with van der Waals surface area (Å²) in [6.45, 7) is 0. The predicted octanol–water partition coefficient (Wildman–Crippen LogP) is 1.85. The van der Waals surface area contributed by atoms with E-state index in [1.807, 2.05) is 24.3 Å². The maximum Gasteiger partial charge on any atom is 0.315 e. The molecular formula is C13H15NO3S. The van der Waals surface area contributed by atoms with Gasteiger partial charge in [-0.25, -0.2) is 0 Å². The van der Waals surface area contributed by atoms with Crippen LogP contribution in [-0.2, 0) is 20.7 Å². The molecule has 0 saturated heterocycles. The van der Waals surface area contributed by atoms with Gasteiger partial charge in [-0.2, -0.15) is 0 Å². The Hall–Kier alpha value is -1.49. The molecule has 0 aromatic heterocycles. The molecule has 1 atom stereocenters. The van der Waals surface area contributed by atoms with Crippen LogP contribution < -0.4 is 5.32 Å². The number of nitrogens with one attached hydrogen (secondary N) is 1. The van der Waals surface area contributed by atoms with E-state index in [9.17, 15) is 9.59 Å². The number of anilines is 1. The molecule has 96 valence electrons. The zero-order chi connectivity index (χ0) is 13.0. The number of methoxy groups -OCH3 is 1. The van der Waals surface area contributed by atoms with Crippen molar-refractivity contribution >= 4 is 29.3 Å². The average molecular weight is 265 g/mol. The quantitative estimate of drug-likeness (QED) is 0.847. The van der Waals surface area contributed by atoms with Gasteiger partial charge in [0.05, 0.1) is 18.1 Å². The van der Waals surface area contributed by atoms with E-state index in [2.05, 4.69) is 10.1 Å². The minimum Gasteiger partial charge on any atom is -0.468 e. The Morgan fingerprint density at radius 3 is 3.06 bits per heavy atom. The first kappa shape index (κ1) is 13.0. The smallest absolute Gasteiger partial charge is 0.315 e. The normalized spacial score (nSPS) is 18.5. The Balaban J connectivity index is 2.01. The lowest BCUT2D eigenvalue weighted by molar-refractivity contribution is -0.137. The van der Waals surface area contributed by atoms with Gasteiger partial charge in [-0.15, -0.1) is 11.8 Å². The second-order valence-corrected chi connectivity index (χ2v) is 5.25. The van der Waals surface area contributed by atoms with Crippen LogP contribution in [-0.4, -0.2) is 30.0 Å². The topological polar surface area (TPSA) is 55.4 Å². The molecule has 1 N–H and O–H groups in total. The number of benzene rings is 1. The number of hydrogen-bond donors (Lipinski definition) is 1. The average Bonchev–Trinajstić information content (AvgIpc) is 2.54. The minimum atomic E-state index is -0.297. The molecule has 0 radical (unpaired) electrons. The number of fused-ring (bicyclic) bond motifs is 1. The number of hydrogen-bond acceptors (Lipinski definition) is 4. The number of esters is 1. The fourth-order valence-corrected chi connectivity index (χ4v) is 2.83. The third kappa shape index (κ3) is 3.04. The van der Waals surface area contributed by atoms with Crippen LogP contribution >= 0.6 is 11.8 Å². The van der Waals surface area contributed by atoms with Crippen LogP contribution in [0.3, 0.4) is 0 Å². The summed E-state index contributed by atoms with van der Waals surface area (Å²) in [5.41, 5.74) is 2.02. The number of ether oxygens (including phenoxy) is 1. The number of aryl methyl sites for hydroxylation is 1. The molecule has 1 aromatic carbocycles. The van der Waals surface area contributed by atoms with Gasteiger partial charge in [-0.1, -0.05) is 18.2 Å². The van der Waals surface area contributed by atoms with Crippen molar-refractivity contribution in [3.05, 3.63) is 29.8 Å². The Morgan fingerprint density at radius 1 is 1.50 bits per heavy atom. The summed E-state index contributed by atoms with van der Waals surface area (Å²) >= 11 is 1.34. The fraction of sp³-hybridized carbons (Fsp3) is 0.385. The van der Waals surface area contributed by atoms with Crippen LogP contribution in [0.2, 0.25) is 0 Å². The van der Waals surface area contributed by atoms with Crippen molar-refractivity contribution in [2.75, 3.05) is 18.2 Å². The minimum absolute atomic E-state index is 0.0335. The van der Waals surface area contributed by atoms with Crippen molar-refractivity contribution in [1.29, 1.82) is 0 Å². The second kappa shape index (κ2) is 5.91. The van der Waals surface area contributed by atoms with Crippen LogP contribution in [0.25, 0.3) is 0 Å². The van der Waals surface area contributed by atoms with Gasteiger partial charge >= 0.3 is 5.97 Å². The van der Waals surface area contributed by atoms with Gasteiger partial charge < -0.3 is 10.1 Å². The first-order valence-corrected chi connectivity index (χ1v) is 6.83. The molecule has 0 saturated carbocycles. The Bertz CT molecular complexity index is 461. The first-order chi connectivity index (χ1) is 8.70. The molecule has 18 heavy (non-hydrogen) atoms. The standard InChI is InChI=1S/C13H15NO3S/c1-17-12(15)8-18-11-7-6-9-4-2-3-5-10(9)14-13(11)16/h2-5,11H,6-8H2,1H3,(H,14,16)/t11-/m0/s1. The number of thioether (sulfide) groups is 1. The Morgan fingerprint density at radius 2 is 2.28 bits per heavy atom. The first-order valence-electron chi connectivity index (χ1n) is 5.78. The highest BCUT2D eigenvalue weighted by atomic mass is 32.2. The van der Waals surface area contributed by atoms with Crippen molar-refractivity contribution < 1.29 is 14.3 Å². The van der Waals surface area contributed by atoms with E-state index in [0.29, 0.717) is 0 Å². The van der Waals surface area contributed by atoms with Crippen molar-refractivity contribution in [3.8, 4) is 0 Å². The SMILES string of the molecule is COC(=O)CS[C@H]1CCc2ccccc2NC1=O. The van der Waals surface area contributed by atoms with Crippen LogP contribution in [0, 0.1) is 0 Å².